The fraction of sp³-hybridized carbons (Fsp3) is 0.423. The standard InChI is InChI=1S/C26H33N3O2/c1-17-12-14-28(15-13-17)16-22-24(31)11-10-23-26(22)25(19(3)30)18(2)29(23)21-8-6-20(7-9-21)27(4)5/h6-11,17,31H,12-16H2,1-5H3. The molecule has 5 nitrogen and oxygen atoms in total. The van der Waals surface area contributed by atoms with Gasteiger partial charge < -0.3 is 14.6 Å². The molecule has 0 atom stereocenters. The molecule has 1 fully saturated rings. The van der Waals surface area contributed by atoms with Gasteiger partial charge in [0.15, 0.2) is 5.78 Å². The van der Waals surface area contributed by atoms with E-state index >= 15 is 0 Å². The Balaban J connectivity index is 1.87. The molecule has 1 saturated heterocycles. The Kier molecular flexibility index (Phi) is 5.80. The number of fused-ring (bicyclic) bond motifs is 1. The maximum Gasteiger partial charge on any atom is 0.162 e. The number of phenolic OH excluding ortho intramolecular Hbond substituents is 1. The number of carbonyl (C=O) groups is 1. The molecule has 1 N–H and O–H groups in total. The highest BCUT2D eigenvalue weighted by molar-refractivity contribution is 6.10. The summed E-state index contributed by atoms with van der Waals surface area (Å²) in [6.07, 6.45) is 2.35. The van der Waals surface area contributed by atoms with Crippen LogP contribution in [0.5, 0.6) is 5.75 Å². The zero-order valence-corrected chi connectivity index (χ0v) is 19.3. The van der Waals surface area contributed by atoms with Gasteiger partial charge in [0, 0.05) is 54.2 Å². The van der Waals surface area contributed by atoms with Crippen molar-refractivity contribution in [1.29, 1.82) is 0 Å². The minimum absolute atomic E-state index is 0.0327. The van der Waals surface area contributed by atoms with Gasteiger partial charge in [-0.1, -0.05) is 6.92 Å². The van der Waals surface area contributed by atoms with E-state index in [4.69, 9.17) is 0 Å². The third-order valence-corrected chi connectivity index (χ3v) is 6.69. The van der Waals surface area contributed by atoms with Gasteiger partial charge in [-0.3, -0.25) is 9.69 Å². The third kappa shape index (κ3) is 3.94. The number of likely N-dealkylation sites (tertiary alicyclic amines) is 1. The lowest BCUT2D eigenvalue weighted by molar-refractivity contribution is 0.101. The van der Waals surface area contributed by atoms with Gasteiger partial charge in [0.25, 0.3) is 0 Å². The highest BCUT2D eigenvalue weighted by Gasteiger charge is 2.25. The van der Waals surface area contributed by atoms with Gasteiger partial charge in [0.05, 0.1) is 5.52 Å². The second kappa shape index (κ2) is 8.39. The van der Waals surface area contributed by atoms with Crippen molar-refractivity contribution in [2.75, 3.05) is 32.1 Å². The maximum absolute atomic E-state index is 12.8. The van der Waals surface area contributed by atoms with Crippen LogP contribution >= 0.6 is 0 Å². The molecule has 164 valence electrons. The number of aromatic hydroxyl groups is 1. The lowest BCUT2D eigenvalue weighted by atomic mass is 9.97. The minimum atomic E-state index is 0.0327. The zero-order chi connectivity index (χ0) is 22.3. The molecule has 2 heterocycles. The van der Waals surface area contributed by atoms with E-state index in [9.17, 15) is 9.90 Å². The number of benzene rings is 2. The van der Waals surface area contributed by atoms with Crippen LogP contribution in [0.25, 0.3) is 16.6 Å². The Bertz CT molecular complexity index is 1100. The molecule has 5 heteroatoms. The summed E-state index contributed by atoms with van der Waals surface area (Å²) >= 11 is 0. The first-order valence-corrected chi connectivity index (χ1v) is 11.1. The summed E-state index contributed by atoms with van der Waals surface area (Å²) in [7, 11) is 4.05. The monoisotopic (exact) mass is 419 g/mol. The van der Waals surface area contributed by atoms with E-state index < -0.39 is 0 Å². The van der Waals surface area contributed by atoms with E-state index in [0.29, 0.717) is 12.1 Å². The van der Waals surface area contributed by atoms with Crippen molar-refractivity contribution in [2.45, 2.75) is 40.2 Å². The summed E-state index contributed by atoms with van der Waals surface area (Å²) in [5, 5.41) is 11.7. The summed E-state index contributed by atoms with van der Waals surface area (Å²) in [6.45, 7) is 8.64. The van der Waals surface area contributed by atoms with Crippen LogP contribution < -0.4 is 4.90 Å². The Hall–Kier alpha value is -2.79. The number of nitrogens with zero attached hydrogens (tertiary/aromatic N) is 3. The minimum Gasteiger partial charge on any atom is -0.508 e. The largest absolute Gasteiger partial charge is 0.508 e. The average molecular weight is 420 g/mol. The summed E-state index contributed by atoms with van der Waals surface area (Å²) in [5.74, 6) is 1.06. The molecule has 1 aliphatic rings. The number of phenols is 1. The Morgan fingerprint density at radius 2 is 1.74 bits per heavy atom. The number of piperidine rings is 1. The maximum atomic E-state index is 12.8. The van der Waals surface area contributed by atoms with Crippen molar-refractivity contribution in [2.24, 2.45) is 5.92 Å². The first-order chi connectivity index (χ1) is 14.8. The Morgan fingerprint density at radius 1 is 1.10 bits per heavy atom. The predicted octanol–water partition coefficient (Wildman–Crippen LogP) is 5.15. The fourth-order valence-electron chi connectivity index (χ4n) is 4.83. The van der Waals surface area contributed by atoms with Gasteiger partial charge in [-0.05, 0) is 82.1 Å². The zero-order valence-electron chi connectivity index (χ0n) is 19.3. The number of aromatic nitrogens is 1. The van der Waals surface area contributed by atoms with Crippen LogP contribution in [0.3, 0.4) is 0 Å². The number of hydrogen-bond acceptors (Lipinski definition) is 4. The number of hydrogen-bond donors (Lipinski definition) is 1. The molecular weight excluding hydrogens is 386 g/mol. The lowest BCUT2D eigenvalue weighted by Crippen LogP contribution is -2.32. The quantitative estimate of drug-likeness (QED) is 0.582. The number of Topliss-reactive ketones (excluding diaryl/α,β-unsaturated/α-hetero) is 1. The molecule has 0 radical (unpaired) electrons. The Morgan fingerprint density at radius 3 is 2.32 bits per heavy atom. The van der Waals surface area contributed by atoms with E-state index in [1.165, 1.54) is 12.8 Å². The molecule has 4 rings (SSSR count). The van der Waals surface area contributed by atoms with Gasteiger partial charge in [0.2, 0.25) is 0 Å². The van der Waals surface area contributed by atoms with Crippen molar-refractivity contribution in [1.82, 2.24) is 9.47 Å². The highest BCUT2D eigenvalue weighted by atomic mass is 16.3. The summed E-state index contributed by atoms with van der Waals surface area (Å²) in [5.41, 5.74) is 5.61. The number of ketones is 1. The van der Waals surface area contributed by atoms with Crippen molar-refractivity contribution in [3.05, 3.63) is 53.2 Å². The van der Waals surface area contributed by atoms with E-state index in [1.807, 2.05) is 27.1 Å². The van der Waals surface area contributed by atoms with Crippen molar-refractivity contribution in [3.8, 4) is 11.4 Å². The van der Waals surface area contributed by atoms with Gasteiger partial charge >= 0.3 is 0 Å². The summed E-state index contributed by atoms with van der Waals surface area (Å²) in [6, 6.07) is 12.1. The second-order valence-electron chi connectivity index (χ2n) is 9.18. The molecule has 0 bridgehead atoms. The third-order valence-electron chi connectivity index (χ3n) is 6.69. The molecule has 2 aromatic carbocycles. The molecule has 0 unspecified atom stereocenters. The molecule has 0 saturated carbocycles. The summed E-state index contributed by atoms with van der Waals surface area (Å²) in [4.78, 5) is 17.2. The second-order valence-corrected chi connectivity index (χ2v) is 9.18. The van der Waals surface area contributed by atoms with E-state index in [1.54, 1.807) is 13.0 Å². The van der Waals surface area contributed by atoms with Gasteiger partial charge in [-0.15, -0.1) is 0 Å². The summed E-state index contributed by atoms with van der Waals surface area (Å²) < 4.78 is 2.15. The first-order valence-electron chi connectivity index (χ1n) is 11.1. The van der Waals surface area contributed by atoms with Crippen LogP contribution in [0.15, 0.2) is 36.4 Å². The van der Waals surface area contributed by atoms with Crippen LogP contribution in [0.1, 0.15) is 48.3 Å². The van der Waals surface area contributed by atoms with Crippen LogP contribution in [-0.2, 0) is 6.54 Å². The molecule has 3 aromatic rings. The highest BCUT2D eigenvalue weighted by Crippen LogP contribution is 2.37. The Labute approximate surface area is 184 Å². The predicted molar refractivity (Wildman–Crippen MR) is 128 cm³/mol. The molecular formula is C26H33N3O2. The SMILES string of the molecule is CC(=O)c1c(C)n(-c2ccc(N(C)C)cc2)c2ccc(O)c(CN3CCC(C)CC3)c12. The van der Waals surface area contributed by atoms with Crippen molar-refractivity contribution in [3.63, 3.8) is 0 Å². The number of carbonyl (C=O) groups excluding carboxylic acids is 1. The fourth-order valence-corrected chi connectivity index (χ4v) is 4.83. The molecule has 31 heavy (non-hydrogen) atoms. The molecule has 1 aliphatic heterocycles. The van der Waals surface area contributed by atoms with Crippen molar-refractivity contribution >= 4 is 22.4 Å². The number of anilines is 1. The van der Waals surface area contributed by atoms with E-state index in [-0.39, 0.29) is 11.5 Å². The molecule has 1 aromatic heterocycles. The number of rotatable bonds is 5. The van der Waals surface area contributed by atoms with Crippen molar-refractivity contribution < 1.29 is 9.90 Å². The van der Waals surface area contributed by atoms with E-state index in [0.717, 1.165) is 52.5 Å². The molecule has 0 amide bonds. The average Bonchev–Trinajstić information content (AvgIpc) is 3.04. The normalized spacial score (nSPS) is 15.5. The van der Waals surface area contributed by atoms with E-state index in [2.05, 4.69) is 45.6 Å². The topological polar surface area (TPSA) is 48.7 Å². The molecule has 0 aliphatic carbocycles. The molecule has 0 spiro atoms. The van der Waals surface area contributed by atoms with Crippen LogP contribution in [-0.4, -0.2) is 47.5 Å². The van der Waals surface area contributed by atoms with Crippen LogP contribution in [0.4, 0.5) is 5.69 Å². The van der Waals surface area contributed by atoms with Gasteiger partial charge in [0.1, 0.15) is 5.75 Å². The van der Waals surface area contributed by atoms with Gasteiger partial charge in [-0.2, -0.15) is 0 Å². The lowest BCUT2D eigenvalue weighted by Gasteiger charge is -2.30. The van der Waals surface area contributed by atoms with Gasteiger partial charge in [-0.25, -0.2) is 0 Å². The smallest absolute Gasteiger partial charge is 0.162 e. The van der Waals surface area contributed by atoms with Crippen LogP contribution in [0, 0.1) is 12.8 Å². The first kappa shape index (κ1) is 21.4. The van der Waals surface area contributed by atoms with Crippen LogP contribution in [0.2, 0.25) is 0 Å².